The van der Waals surface area contributed by atoms with Crippen LogP contribution in [-0.4, -0.2) is 34.3 Å². The third kappa shape index (κ3) is 6.44. The van der Waals surface area contributed by atoms with Gasteiger partial charge in [-0.15, -0.1) is 0 Å². The molecule has 1 saturated carbocycles. The molecule has 0 aliphatic heterocycles. The largest absolute Gasteiger partial charge is 0.487 e. The second-order valence-corrected chi connectivity index (χ2v) is 7.74. The molecule has 31 heavy (non-hydrogen) atoms. The summed E-state index contributed by atoms with van der Waals surface area (Å²) in [5.74, 6) is -2.97. The smallest absolute Gasteiger partial charge is 0.281 e. The number of hydrogen-bond acceptors (Lipinski definition) is 5. The summed E-state index contributed by atoms with van der Waals surface area (Å²) in [6.45, 7) is 4.24. The zero-order valence-corrected chi connectivity index (χ0v) is 17.7. The Balaban J connectivity index is 1.61. The summed E-state index contributed by atoms with van der Waals surface area (Å²) in [5, 5.41) is 5.49. The van der Waals surface area contributed by atoms with Gasteiger partial charge in [-0.25, -0.2) is 18.7 Å². The van der Waals surface area contributed by atoms with Gasteiger partial charge < -0.3 is 10.1 Å². The van der Waals surface area contributed by atoms with E-state index in [1.807, 2.05) is 0 Å². The summed E-state index contributed by atoms with van der Waals surface area (Å²) in [5.41, 5.74) is 1.48. The Morgan fingerprint density at radius 2 is 1.90 bits per heavy atom. The minimum absolute atomic E-state index is 0.00145. The predicted octanol–water partition coefficient (Wildman–Crippen LogP) is 4.05. The van der Waals surface area contributed by atoms with Crippen molar-refractivity contribution in [2.75, 3.05) is 11.9 Å². The Morgan fingerprint density at radius 3 is 2.52 bits per heavy atom. The second kappa shape index (κ2) is 9.36. The SMILES string of the molecule is CCC(F)(F)COc1ccc(C(C)NC(=O)c2cc(C)nc(NC(=O)C3CC3)n2)cc1. The zero-order chi connectivity index (χ0) is 22.6. The van der Waals surface area contributed by atoms with Gasteiger partial charge in [-0.2, -0.15) is 0 Å². The molecule has 1 fully saturated rings. The highest BCUT2D eigenvalue weighted by atomic mass is 19.3. The molecule has 1 heterocycles. The van der Waals surface area contributed by atoms with Gasteiger partial charge in [0.1, 0.15) is 11.4 Å². The maximum atomic E-state index is 13.3. The first kappa shape index (κ1) is 22.6. The van der Waals surface area contributed by atoms with Crippen LogP contribution in [0.5, 0.6) is 5.75 Å². The van der Waals surface area contributed by atoms with Crippen LogP contribution in [0.3, 0.4) is 0 Å². The third-order valence-electron chi connectivity index (χ3n) is 4.96. The lowest BCUT2D eigenvalue weighted by molar-refractivity contribution is -0.117. The molecule has 1 aliphatic carbocycles. The van der Waals surface area contributed by atoms with E-state index < -0.39 is 18.4 Å². The highest BCUT2D eigenvalue weighted by Crippen LogP contribution is 2.29. The van der Waals surface area contributed by atoms with Crippen molar-refractivity contribution < 1.29 is 23.1 Å². The lowest BCUT2D eigenvalue weighted by atomic mass is 10.1. The lowest BCUT2D eigenvalue weighted by Crippen LogP contribution is -2.28. The third-order valence-corrected chi connectivity index (χ3v) is 4.96. The fourth-order valence-corrected chi connectivity index (χ4v) is 2.80. The topological polar surface area (TPSA) is 93.2 Å². The number of ether oxygens (including phenoxy) is 1. The molecule has 2 aromatic rings. The molecule has 0 saturated heterocycles. The molecule has 1 aromatic carbocycles. The molecule has 2 N–H and O–H groups in total. The summed E-state index contributed by atoms with van der Waals surface area (Å²) in [4.78, 5) is 32.9. The number of carbonyl (C=O) groups is 2. The first-order chi connectivity index (χ1) is 14.7. The minimum Gasteiger partial charge on any atom is -0.487 e. The fraction of sp³-hybridized carbons (Fsp3) is 0.455. The molecule has 166 valence electrons. The average Bonchev–Trinajstić information content (AvgIpc) is 3.58. The van der Waals surface area contributed by atoms with E-state index in [4.69, 9.17) is 4.74 Å². The molecule has 1 unspecified atom stereocenters. The van der Waals surface area contributed by atoms with Gasteiger partial charge in [0, 0.05) is 18.0 Å². The van der Waals surface area contributed by atoms with Crippen LogP contribution in [0.25, 0.3) is 0 Å². The van der Waals surface area contributed by atoms with E-state index in [0.29, 0.717) is 11.4 Å². The lowest BCUT2D eigenvalue weighted by Gasteiger charge is -2.17. The molecule has 7 nitrogen and oxygen atoms in total. The van der Waals surface area contributed by atoms with E-state index >= 15 is 0 Å². The van der Waals surface area contributed by atoms with E-state index in [1.54, 1.807) is 44.2 Å². The molecule has 3 rings (SSSR count). The summed E-state index contributed by atoms with van der Waals surface area (Å²) in [6, 6.07) is 7.76. The Labute approximate surface area is 179 Å². The molecular formula is C22H26F2N4O3. The Morgan fingerprint density at radius 1 is 1.23 bits per heavy atom. The van der Waals surface area contributed by atoms with Crippen LogP contribution in [0.2, 0.25) is 0 Å². The maximum absolute atomic E-state index is 13.3. The van der Waals surface area contributed by atoms with E-state index in [1.165, 1.54) is 6.92 Å². The molecule has 0 bridgehead atoms. The van der Waals surface area contributed by atoms with E-state index in [9.17, 15) is 18.4 Å². The number of amides is 2. The molecule has 1 aromatic heterocycles. The molecule has 2 amide bonds. The summed E-state index contributed by atoms with van der Waals surface area (Å²) >= 11 is 0. The van der Waals surface area contributed by atoms with Crippen molar-refractivity contribution in [3.8, 4) is 5.75 Å². The minimum atomic E-state index is -2.87. The van der Waals surface area contributed by atoms with E-state index in [-0.39, 0.29) is 35.9 Å². The van der Waals surface area contributed by atoms with Crippen LogP contribution >= 0.6 is 0 Å². The quantitative estimate of drug-likeness (QED) is 0.624. The standard InChI is InChI=1S/C22H26F2N4O3/c1-4-22(23,24)12-31-17-9-7-15(8-10-17)14(3)26-20(30)18-11-13(2)25-21(27-18)28-19(29)16-5-6-16/h7-11,14,16H,4-6,12H2,1-3H3,(H,26,30)(H,25,27,28,29). The van der Waals surface area contributed by atoms with Crippen molar-refractivity contribution in [2.45, 2.75) is 52.0 Å². The number of aromatic nitrogens is 2. The van der Waals surface area contributed by atoms with Gasteiger partial charge in [0.05, 0.1) is 6.04 Å². The first-order valence-corrected chi connectivity index (χ1v) is 10.2. The van der Waals surface area contributed by atoms with Crippen LogP contribution in [0, 0.1) is 12.8 Å². The number of nitrogens with zero attached hydrogens (tertiary/aromatic N) is 2. The number of rotatable bonds is 9. The Bertz CT molecular complexity index is 946. The van der Waals surface area contributed by atoms with Crippen molar-refractivity contribution in [2.24, 2.45) is 5.92 Å². The van der Waals surface area contributed by atoms with Crippen molar-refractivity contribution in [3.05, 3.63) is 47.3 Å². The highest BCUT2D eigenvalue weighted by molar-refractivity contribution is 5.95. The fourth-order valence-electron chi connectivity index (χ4n) is 2.80. The van der Waals surface area contributed by atoms with E-state index in [0.717, 1.165) is 18.4 Å². The molecule has 1 aliphatic rings. The summed E-state index contributed by atoms with van der Waals surface area (Å²) in [6.07, 6.45) is 1.42. The summed E-state index contributed by atoms with van der Waals surface area (Å²) < 4.78 is 31.8. The number of carbonyl (C=O) groups excluding carboxylic acids is 2. The Hall–Kier alpha value is -3.10. The van der Waals surface area contributed by atoms with Crippen LogP contribution in [-0.2, 0) is 4.79 Å². The van der Waals surface area contributed by atoms with Gasteiger partial charge in [-0.1, -0.05) is 19.1 Å². The van der Waals surface area contributed by atoms with Gasteiger partial charge in [0.25, 0.3) is 11.8 Å². The monoisotopic (exact) mass is 432 g/mol. The van der Waals surface area contributed by atoms with Gasteiger partial charge in [-0.3, -0.25) is 14.9 Å². The normalized spacial score (nSPS) is 14.6. The predicted molar refractivity (Wildman–Crippen MR) is 111 cm³/mol. The number of anilines is 1. The number of hydrogen-bond donors (Lipinski definition) is 2. The van der Waals surface area contributed by atoms with Gasteiger partial charge in [0.15, 0.2) is 6.61 Å². The van der Waals surface area contributed by atoms with Gasteiger partial charge >= 0.3 is 0 Å². The Kier molecular flexibility index (Phi) is 6.82. The molecular weight excluding hydrogens is 406 g/mol. The maximum Gasteiger partial charge on any atom is 0.281 e. The number of halogens is 2. The molecule has 0 radical (unpaired) electrons. The van der Waals surface area contributed by atoms with Crippen LogP contribution in [0.15, 0.2) is 30.3 Å². The number of benzene rings is 1. The molecule has 9 heteroatoms. The second-order valence-electron chi connectivity index (χ2n) is 7.74. The number of nitrogens with one attached hydrogen (secondary N) is 2. The van der Waals surface area contributed by atoms with Crippen LogP contribution < -0.4 is 15.4 Å². The average molecular weight is 432 g/mol. The van der Waals surface area contributed by atoms with Crippen molar-refractivity contribution in [1.82, 2.24) is 15.3 Å². The molecule has 1 atom stereocenters. The zero-order valence-electron chi connectivity index (χ0n) is 17.7. The van der Waals surface area contributed by atoms with Crippen LogP contribution in [0.4, 0.5) is 14.7 Å². The number of alkyl halides is 2. The summed E-state index contributed by atoms with van der Waals surface area (Å²) in [7, 11) is 0. The highest BCUT2D eigenvalue weighted by Gasteiger charge is 2.30. The van der Waals surface area contributed by atoms with Crippen molar-refractivity contribution in [3.63, 3.8) is 0 Å². The van der Waals surface area contributed by atoms with Crippen LogP contribution in [0.1, 0.15) is 60.9 Å². The van der Waals surface area contributed by atoms with Crippen molar-refractivity contribution >= 4 is 17.8 Å². The first-order valence-electron chi connectivity index (χ1n) is 10.2. The van der Waals surface area contributed by atoms with Gasteiger partial charge in [0.2, 0.25) is 11.9 Å². The van der Waals surface area contributed by atoms with Gasteiger partial charge in [-0.05, 0) is 50.5 Å². The van der Waals surface area contributed by atoms with Crippen molar-refractivity contribution in [1.29, 1.82) is 0 Å². The van der Waals surface area contributed by atoms with E-state index in [2.05, 4.69) is 20.6 Å². The molecule has 0 spiro atoms. The number of aryl methyl sites for hydroxylation is 1.